The minimum absolute atomic E-state index is 0.0167. The first-order valence-corrected chi connectivity index (χ1v) is 15.6. The highest BCUT2D eigenvalue weighted by Gasteiger charge is 2.36. The normalized spacial score (nSPS) is 16.6. The number of carbonyl (C=O) groups excluding carboxylic acids is 1. The molecule has 0 bridgehead atoms. The van der Waals surface area contributed by atoms with Gasteiger partial charge in [0.1, 0.15) is 5.75 Å². The Balaban J connectivity index is 1.29. The van der Waals surface area contributed by atoms with Crippen LogP contribution in [0.15, 0.2) is 102 Å². The van der Waals surface area contributed by atoms with Crippen LogP contribution in [0, 0.1) is 5.92 Å². The van der Waals surface area contributed by atoms with Crippen LogP contribution in [0.5, 0.6) is 5.75 Å². The second kappa shape index (κ2) is 16.4. The van der Waals surface area contributed by atoms with Gasteiger partial charge >= 0.3 is 12.1 Å². The standard InChI is InChI=1S/C37H40N2O7/c1-43-36(40)26-46-38-35(23-28-12-13-29-10-5-6-11-31(29)22-28)34-24-39(37(41)42)19-18-33(34)30-14-16-32(17-15-30)45-21-7-20-44-25-27-8-3-2-4-9-27/h2-6,8-17,22,33-34H,7,18-21,23-26H2,1H3,(H,41,42). The van der Waals surface area contributed by atoms with Crippen LogP contribution >= 0.6 is 0 Å². The Labute approximate surface area is 269 Å². The molecule has 1 saturated heterocycles. The van der Waals surface area contributed by atoms with E-state index in [1.807, 2.05) is 72.8 Å². The van der Waals surface area contributed by atoms with Gasteiger partial charge in [-0.25, -0.2) is 9.59 Å². The van der Waals surface area contributed by atoms with Crippen LogP contribution in [0.4, 0.5) is 4.79 Å². The van der Waals surface area contributed by atoms with Crippen LogP contribution in [-0.2, 0) is 32.1 Å². The van der Waals surface area contributed by atoms with Crippen molar-refractivity contribution < 1.29 is 33.7 Å². The molecular weight excluding hydrogens is 584 g/mol. The molecule has 9 nitrogen and oxygen atoms in total. The van der Waals surface area contributed by atoms with E-state index in [0.717, 1.165) is 39.6 Å². The molecule has 4 aromatic carbocycles. The lowest BCUT2D eigenvalue weighted by atomic mass is 9.76. The first-order valence-electron chi connectivity index (χ1n) is 15.6. The van der Waals surface area contributed by atoms with Crippen molar-refractivity contribution in [2.24, 2.45) is 11.1 Å². The third kappa shape index (κ3) is 9.08. The summed E-state index contributed by atoms with van der Waals surface area (Å²) < 4.78 is 16.4. The molecule has 0 aliphatic carbocycles. The molecule has 0 spiro atoms. The molecule has 240 valence electrons. The van der Waals surface area contributed by atoms with Gasteiger partial charge in [-0.1, -0.05) is 90.1 Å². The third-order valence-corrected chi connectivity index (χ3v) is 8.22. The van der Waals surface area contributed by atoms with Gasteiger partial charge in [0.05, 0.1) is 32.6 Å². The Morgan fingerprint density at radius 3 is 2.41 bits per heavy atom. The average molecular weight is 625 g/mol. The van der Waals surface area contributed by atoms with Crippen molar-refractivity contribution >= 4 is 28.5 Å². The van der Waals surface area contributed by atoms with E-state index in [1.54, 1.807) is 0 Å². The summed E-state index contributed by atoms with van der Waals surface area (Å²) in [5, 5.41) is 16.5. The minimum Gasteiger partial charge on any atom is -0.494 e. The summed E-state index contributed by atoms with van der Waals surface area (Å²) >= 11 is 0. The van der Waals surface area contributed by atoms with E-state index in [0.29, 0.717) is 44.9 Å². The van der Waals surface area contributed by atoms with Crippen LogP contribution < -0.4 is 4.74 Å². The number of rotatable bonds is 14. The van der Waals surface area contributed by atoms with E-state index < -0.39 is 12.1 Å². The van der Waals surface area contributed by atoms with Gasteiger partial charge in [-0.3, -0.25) is 0 Å². The average Bonchev–Trinajstić information content (AvgIpc) is 3.09. The smallest absolute Gasteiger partial charge is 0.407 e. The fraction of sp³-hybridized carbons (Fsp3) is 0.324. The number of piperidine rings is 1. The third-order valence-electron chi connectivity index (χ3n) is 8.22. The summed E-state index contributed by atoms with van der Waals surface area (Å²) in [5.41, 5.74) is 3.90. The number of methoxy groups -OCH3 is 1. The van der Waals surface area contributed by atoms with Crippen molar-refractivity contribution in [1.82, 2.24) is 4.90 Å². The number of benzene rings is 4. The van der Waals surface area contributed by atoms with Crippen LogP contribution in [-0.4, -0.2) is 67.8 Å². The zero-order chi connectivity index (χ0) is 32.1. The molecule has 46 heavy (non-hydrogen) atoms. The lowest BCUT2D eigenvalue weighted by Crippen LogP contribution is -2.45. The van der Waals surface area contributed by atoms with Gasteiger partial charge in [0.15, 0.2) is 0 Å². The maximum Gasteiger partial charge on any atom is 0.407 e. The maximum absolute atomic E-state index is 12.1. The number of nitrogens with zero attached hydrogens (tertiary/aromatic N) is 2. The van der Waals surface area contributed by atoms with Crippen LogP contribution in [0.2, 0.25) is 0 Å². The van der Waals surface area contributed by atoms with Crippen LogP contribution in [0.1, 0.15) is 35.4 Å². The van der Waals surface area contributed by atoms with Gasteiger partial charge in [0.25, 0.3) is 0 Å². The Bertz CT molecular complexity index is 1610. The van der Waals surface area contributed by atoms with Gasteiger partial charge < -0.3 is 29.1 Å². The molecule has 1 amide bonds. The summed E-state index contributed by atoms with van der Waals surface area (Å²) in [6, 6.07) is 32.4. The first-order chi connectivity index (χ1) is 22.5. The first kappa shape index (κ1) is 32.5. The molecule has 0 saturated carbocycles. The molecule has 1 fully saturated rings. The van der Waals surface area contributed by atoms with E-state index in [4.69, 9.17) is 19.0 Å². The molecule has 0 aromatic heterocycles. The second-order valence-corrected chi connectivity index (χ2v) is 11.3. The summed E-state index contributed by atoms with van der Waals surface area (Å²) in [6.45, 7) is 2.06. The number of amides is 1. The van der Waals surface area contributed by atoms with Crippen molar-refractivity contribution in [2.75, 3.05) is 40.0 Å². The van der Waals surface area contributed by atoms with E-state index in [2.05, 4.69) is 29.4 Å². The zero-order valence-electron chi connectivity index (χ0n) is 26.0. The molecular formula is C37H40N2O7. The van der Waals surface area contributed by atoms with Gasteiger partial charge in [-0.15, -0.1) is 0 Å². The number of carbonyl (C=O) groups is 2. The quantitative estimate of drug-likeness (QED) is 0.0720. The monoisotopic (exact) mass is 624 g/mol. The summed E-state index contributed by atoms with van der Waals surface area (Å²) in [7, 11) is 1.29. The maximum atomic E-state index is 12.1. The fourth-order valence-electron chi connectivity index (χ4n) is 5.80. The number of ether oxygens (including phenoxy) is 3. The predicted octanol–water partition coefficient (Wildman–Crippen LogP) is 6.70. The van der Waals surface area contributed by atoms with E-state index in [-0.39, 0.29) is 25.0 Å². The molecule has 4 aromatic rings. The number of hydrogen-bond acceptors (Lipinski definition) is 7. The highest BCUT2D eigenvalue weighted by Crippen LogP contribution is 2.36. The molecule has 5 rings (SSSR count). The zero-order valence-corrected chi connectivity index (χ0v) is 26.0. The van der Waals surface area contributed by atoms with Crippen molar-refractivity contribution in [3.63, 3.8) is 0 Å². The SMILES string of the molecule is COC(=O)CON=C(Cc1ccc2ccccc2c1)C1CN(C(=O)O)CCC1c1ccc(OCCCOCc2ccccc2)cc1. The summed E-state index contributed by atoms with van der Waals surface area (Å²) in [6.07, 6.45) is 0.850. The molecule has 1 heterocycles. The van der Waals surface area contributed by atoms with Crippen molar-refractivity contribution in [3.05, 3.63) is 114 Å². The van der Waals surface area contributed by atoms with Crippen LogP contribution in [0.3, 0.4) is 0 Å². The molecule has 2 atom stereocenters. The Morgan fingerprint density at radius 2 is 1.65 bits per heavy atom. The van der Waals surface area contributed by atoms with Gasteiger partial charge in [-0.2, -0.15) is 0 Å². The van der Waals surface area contributed by atoms with Gasteiger partial charge in [0, 0.05) is 31.8 Å². The van der Waals surface area contributed by atoms with Crippen molar-refractivity contribution in [3.8, 4) is 5.75 Å². The van der Waals surface area contributed by atoms with Gasteiger partial charge in [-0.05, 0) is 51.9 Å². The molecule has 1 N–H and O–H groups in total. The molecule has 9 heteroatoms. The summed E-state index contributed by atoms with van der Waals surface area (Å²) in [5.74, 6) is -0.0724. The molecule has 1 aliphatic rings. The Kier molecular flexibility index (Phi) is 11.6. The van der Waals surface area contributed by atoms with E-state index in [1.165, 1.54) is 12.0 Å². The lowest BCUT2D eigenvalue weighted by Gasteiger charge is -2.38. The van der Waals surface area contributed by atoms with Crippen molar-refractivity contribution in [1.29, 1.82) is 0 Å². The van der Waals surface area contributed by atoms with E-state index >= 15 is 0 Å². The van der Waals surface area contributed by atoms with Gasteiger partial charge in [0.2, 0.25) is 6.61 Å². The lowest BCUT2D eigenvalue weighted by molar-refractivity contribution is -0.145. The Morgan fingerprint density at radius 1 is 0.891 bits per heavy atom. The van der Waals surface area contributed by atoms with Crippen LogP contribution in [0.25, 0.3) is 10.8 Å². The Hall–Kier alpha value is -4.89. The number of oxime groups is 1. The fourth-order valence-corrected chi connectivity index (χ4v) is 5.80. The number of hydrogen-bond donors (Lipinski definition) is 1. The molecule has 1 aliphatic heterocycles. The largest absolute Gasteiger partial charge is 0.494 e. The highest BCUT2D eigenvalue weighted by atomic mass is 16.6. The number of esters is 1. The topological polar surface area (TPSA) is 107 Å². The minimum atomic E-state index is -0.972. The van der Waals surface area contributed by atoms with E-state index in [9.17, 15) is 14.7 Å². The predicted molar refractivity (Wildman–Crippen MR) is 176 cm³/mol. The van der Waals surface area contributed by atoms with Crippen molar-refractivity contribution in [2.45, 2.75) is 31.8 Å². The molecule has 2 unspecified atom stereocenters. The molecule has 0 radical (unpaired) electrons. The number of fused-ring (bicyclic) bond motifs is 1. The highest BCUT2D eigenvalue weighted by molar-refractivity contribution is 5.91. The number of likely N-dealkylation sites (tertiary alicyclic amines) is 1. The number of carboxylic acid groups (broad SMARTS) is 1. The summed E-state index contributed by atoms with van der Waals surface area (Å²) in [4.78, 5) is 30.8. The second-order valence-electron chi connectivity index (χ2n) is 11.3.